The highest BCUT2D eigenvalue weighted by Crippen LogP contribution is 2.19. The van der Waals surface area contributed by atoms with Crippen molar-refractivity contribution in [3.05, 3.63) is 83.4 Å². The lowest BCUT2D eigenvalue weighted by atomic mass is 10.1. The van der Waals surface area contributed by atoms with Crippen LogP contribution in [0, 0.1) is 13.8 Å². The molecule has 0 radical (unpaired) electrons. The molecule has 0 fully saturated rings. The minimum absolute atomic E-state index is 0.131. The highest BCUT2D eigenvalue weighted by molar-refractivity contribution is 6.05. The minimum atomic E-state index is -0.131. The summed E-state index contributed by atoms with van der Waals surface area (Å²) in [6.07, 6.45) is 0. The van der Waals surface area contributed by atoms with Crippen molar-refractivity contribution in [3.8, 4) is 5.69 Å². The van der Waals surface area contributed by atoms with Gasteiger partial charge in [-0.1, -0.05) is 30.3 Å². The standard InChI is InChI=1S/C21H18N4O/c1-14-6-5-8-17(12-14)25-23-19-11-10-16(13-20(19)24-25)22-21(26)18-9-4-3-7-15(18)2/h3-13H,1-2H3,(H,22,26). The summed E-state index contributed by atoms with van der Waals surface area (Å²) in [5, 5.41) is 12.0. The zero-order valence-corrected chi connectivity index (χ0v) is 14.6. The number of aryl methyl sites for hydroxylation is 2. The van der Waals surface area contributed by atoms with Crippen molar-refractivity contribution in [2.75, 3.05) is 5.32 Å². The molecule has 4 aromatic rings. The number of amides is 1. The Morgan fingerprint density at radius 1 is 0.885 bits per heavy atom. The monoisotopic (exact) mass is 342 g/mol. The average Bonchev–Trinajstić information content (AvgIpc) is 3.05. The van der Waals surface area contributed by atoms with Crippen LogP contribution in [-0.4, -0.2) is 20.9 Å². The maximum Gasteiger partial charge on any atom is 0.255 e. The van der Waals surface area contributed by atoms with E-state index < -0.39 is 0 Å². The maximum atomic E-state index is 12.5. The Hall–Kier alpha value is -3.47. The van der Waals surface area contributed by atoms with E-state index in [1.165, 1.54) is 0 Å². The van der Waals surface area contributed by atoms with Gasteiger partial charge < -0.3 is 5.32 Å². The van der Waals surface area contributed by atoms with Crippen molar-refractivity contribution in [1.29, 1.82) is 0 Å². The molecule has 0 saturated carbocycles. The van der Waals surface area contributed by atoms with Crippen molar-refractivity contribution in [3.63, 3.8) is 0 Å². The fraction of sp³-hybridized carbons (Fsp3) is 0.0952. The van der Waals surface area contributed by atoms with Gasteiger partial charge in [0, 0.05) is 11.3 Å². The first kappa shape index (κ1) is 16.0. The molecule has 0 aliphatic rings. The number of hydrogen-bond acceptors (Lipinski definition) is 3. The number of rotatable bonds is 3. The van der Waals surface area contributed by atoms with Crippen LogP contribution in [0.3, 0.4) is 0 Å². The van der Waals surface area contributed by atoms with Crippen molar-refractivity contribution >= 4 is 22.6 Å². The van der Waals surface area contributed by atoms with Gasteiger partial charge >= 0.3 is 0 Å². The number of nitrogens with zero attached hydrogens (tertiary/aromatic N) is 3. The van der Waals surface area contributed by atoms with Crippen LogP contribution in [-0.2, 0) is 0 Å². The summed E-state index contributed by atoms with van der Waals surface area (Å²) in [7, 11) is 0. The number of carbonyl (C=O) groups excluding carboxylic acids is 1. The van der Waals surface area contributed by atoms with E-state index >= 15 is 0 Å². The second-order valence-corrected chi connectivity index (χ2v) is 6.30. The zero-order valence-electron chi connectivity index (χ0n) is 14.6. The summed E-state index contributed by atoms with van der Waals surface area (Å²) < 4.78 is 0. The van der Waals surface area contributed by atoms with Crippen LogP contribution >= 0.6 is 0 Å². The lowest BCUT2D eigenvalue weighted by Crippen LogP contribution is -2.13. The number of benzene rings is 3. The zero-order chi connectivity index (χ0) is 18.1. The molecule has 3 aromatic carbocycles. The molecular formula is C21H18N4O. The molecule has 26 heavy (non-hydrogen) atoms. The Balaban J connectivity index is 1.64. The van der Waals surface area contributed by atoms with Gasteiger partial charge in [-0.15, -0.1) is 10.2 Å². The molecule has 5 heteroatoms. The lowest BCUT2D eigenvalue weighted by molar-refractivity contribution is 0.102. The maximum absolute atomic E-state index is 12.5. The van der Waals surface area contributed by atoms with E-state index in [-0.39, 0.29) is 5.91 Å². The SMILES string of the molecule is Cc1cccc(-n2nc3ccc(NC(=O)c4ccccc4C)cc3n2)c1. The molecule has 1 amide bonds. The molecule has 0 saturated heterocycles. The summed E-state index contributed by atoms with van der Waals surface area (Å²) in [5.74, 6) is -0.131. The number of fused-ring (bicyclic) bond motifs is 1. The highest BCUT2D eigenvalue weighted by atomic mass is 16.1. The van der Waals surface area contributed by atoms with E-state index in [0.29, 0.717) is 11.3 Å². The molecule has 5 nitrogen and oxygen atoms in total. The third kappa shape index (κ3) is 3.07. The van der Waals surface area contributed by atoms with E-state index in [1.54, 1.807) is 4.80 Å². The van der Waals surface area contributed by atoms with Crippen LogP contribution in [0.15, 0.2) is 66.7 Å². The number of carbonyl (C=O) groups is 1. The third-order valence-corrected chi connectivity index (χ3v) is 4.26. The van der Waals surface area contributed by atoms with Gasteiger partial charge in [-0.3, -0.25) is 4.79 Å². The highest BCUT2D eigenvalue weighted by Gasteiger charge is 2.10. The quantitative estimate of drug-likeness (QED) is 0.604. The van der Waals surface area contributed by atoms with Gasteiger partial charge in [-0.2, -0.15) is 4.80 Å². The molecule has 0 bridgehead atoms. The Bertz CT molecular complexity index is 1110. The predicted molar refractivity (Wildman–Crippen MR) is 103 cm³/mol. The van der Waals surface area contributed by atoms with Gasteiger partial charge in [0.25, 0.3) is 5.91 Å². The summed E-state index contributed by atoms with van der Waals surface area (Å²) in [5.41, 5.74) is 5.87. The Morgan fingerprint density at radius 2 is 1.69 bits per heavy atom. The molecule has 1 heterocycles. The largest absolute Gasteiger partial charge is 0.322 e. The van der Waals surface area contributed by atoms with E-state index in [2.05, 4.69) is 15.5 Å². The molecule has 0 aliphatic heterocycles. The number of anilines is 1. The molecule has 128 valence electrons. The molecule has 0 atom stereocenters. The van der Waals surface area contributed by atoms with Crippen molar-refractivity contribution in [2.24, 2.45) is 0 Å². The van der Waals surface area contributed by atoms with E-state index in [4.69, 9.17) is 0 Å². The van der Waals surface area contributed by atoms with Gasteiger partial charge in [0.2, 0.25) is 0 Å². The van der Waals surface area contributed by atoms with E-state index in [0.717, 1.165) is 27.8 Å². The van der Waals surface area contributed by atoms with E-state index in [1.807, 2.05) is 80.6 Å². The predicted octanol–water partition coefficient (Wildman–Crippen LogP) is 4.29. The van der Waals surface area contributed by atoms with Gasteiger partial charge in [-0.25, -0.2) is 0 Å². The number of hydrogen-bond donors (Lipinski definition) is 1. The molecule has 0 unspecified atom stereocenters. The molecule has 0 spiro atoms. The fourth-order valence-electron chi connectivity index (χ4n) is 2.89. The Labute approximate surface area is 151 Å². The van der Waals surface area contributed by atoms with Crippen molar-refractivity contribution < 1.29 is 4.79 Å². The molecule has 1 aromatic heterocycles. The molecule has 0 aliphatic carbocycles. The second-order valence-electron chi connectivity index (χ2n) is 6.30. The van der Waals surface area contributed by atoms with Crippen LogP contribution in [0.2, 0.25) is 0 Å². The summed E-state index contributed by atoms with van der Waals surface area (Å²) in [6, 6.07) is 21.1. The topological polar surface area (TPSA) is 59.8 Å². The average molecular weight is 342 g/mol. The molecule has 1 N–H and O–H groups in total. The Morgan fingerprint density at radius 3 is 2.50 bits per heavy atom. The summed E-state index contributed by atoms with van der Waals surface area (Å²) in [6.45, 7) is 3.96. The normalized spacial score (nSPS) is 10.8. The van der Waals surface area contributed by atoms with Crippen LogP contribution in [0.1, 0.15) is 21.5 Å². The van der Waals surface area contributed by atoms with Crippen molar-refractivity contribution in [1.82, 2.24) is 15.0 Å². The van der Waals surface area contributed by atoms with Gasteiger partial charge in [-0.05, 0) is 61.4 Å². The lowest BCUT2D eigenvalue weighted by Gasteiger charge is -2.07. The fourth-order valence-corrected chi connectivity index (χ4v) is 2.89. The van der Waals surface area contributed by atoms with Crippen LogP contribution < -0.4 is 5.32 Å². The van der Waals surface area contributed by atoms with Crippen LogP contribution in [0.4, 0.5) is 5.69 Å². The first-order chi connectivity index (χ1) is 12.6. The Kier molecular flexibility index (Phi) is 3.97. The molecular weight excluding hydrogens is 324 g/mol. The van der Waals surface area contributed by atoms with Gasteiger partial charge in [0.1, 0.15) is 11.0 Å². The van der Waals surface area contributed by atoms with Crippen LogP contribution in [0.5, 0.6) is 0 Å². The molecule has 4 rings (SSSR count). The van der Waals surface area contributed by atoms with Gasteiger partial charge in [0.15, 0.2) is 0 Å². The first-order valence-corrected chi connectivity index (χ1v) is 8.41. The van der Waals surface area contributed by atoms with Crippen molar-refractivity contribution in [2.45, 2.75) is 13.8 Å². The second kappa shape index (κ2) is 6.44. The number of aromatic nitrogens is 3. The van der Waals surface area contributed by atoms with Gasteiger partial charge in [0.05, 0.1) is 5.69 Å². The third-order valence-electron chi connectivity index (χ3n) is 4.26. The smallest absolute Gasteiger partial charge is 0.255 e. The summed E-state index contributed by atoms with van der Waals surface area (Å²) >= 11 is 0. The van der Waals surface area contributed by atoms with E-state index in [9.17, 15) is 4.79 Å². The minimum Gasteiger partial charge on any atom is -0.322 e. The number of nitrogens with one attached hydrogen (secondary N) is 1. The van der Waals surface area contributed by atoms with Crippen LogP contribution in [0.25, 0.3) is 16.7 Å². The first-order valence-electron chi connectivity index (χ1n) is 8.41. The summed E-state index contributed by atoms with van der Waals surface area (Å²) in [4.78, 5) is 14.1.